The van der Waals surface area contributed by atoms with E-state index in [1.54, 1.807) is 0 Å². The van der Waals surface area contributed by atoms with Gasteiger partial charge < -0.3 is 10.2 Å². The van der Waals surface area contributed by atoms with Crippen molar-refractivity contribution in [1.29, 1.82) is 0 Å². The van der Waals surface area contributed by atoms with E-state index in [1.807, 2.05) is 0 Å². The smallest absolute Gasteiger partial charge is 0.0220 e. The highest BCUT2D eigenvalue weighted by Crippen LogP contribution is 2.17. The largest absolute Gasteiger partial charge is 0.312 e. The summed E-state index contributed by atoms with van der Waals surface area (Å²) in [6.45, 7) is 16.8. The van der Waals surface area contributed by atoms with Gasteiger partial charge in [0.15, 0.2) is 0 Å². The summed E-state index contributed by atoms with van der Waals surface area (Å²) in [6, 6.07) is 0.716. The zero-order valence-electron chi connectivity index (χ0n) is 13.9. The summed E-state index contributed by atoms with van der Waals surface area (Å²) in [7, 11) is 0. The van der Waals surface area contributed by atoms with Crippen LogP contribution in [0.1, 0.15) is 60.3 Å². The normalized spacial score (nSPS) is 24.6. The molecule has 1 saturated heterocycles. The van der Waals surface area contributed by atoms with Crippen LogP contribution in [0.25, 0.3) is 0 Å². The highest BCUT2D eigenvalue weighted by molar-refractivity contribution is 4.81. The molecule has 19 heavy (non-hydrogen) atoms. The zero-order valence-corrected chi connectivity index (χ0v) is 13.9. The predicted octanol–water partition coefficient (Wildman–Crippen LogP) is 3.77. The van der Waals surface area contributed by atoms with Crippen molar-refractivity contribution in [3.05, 3.63) is 0 Å². The Kier molecular flexibility index (Phi) is 8.01. The van der Waals surface area contributed by atoms with Gasteiger partial charge in [-0.1, -0.05) is 34.6 Å². The molecule has 0 bridgehead atoms. The molecule has 1 N–H and O–H groups in total. The van der Waals surface area contributed by atoms with Crippen molar-refractivity contribution in [1.82, 2.24) is 10.2 Å². The lowest BCUT2D eigenvalue weighted by Gasteiger charge is -2.35. The van der Waals surface area contributed by atoms with Crippen molar-refractivity contribution in [3.63, 3.8) is 0 Å². The van der Waals surface area contributed by atoms with E-state index in [-0.39, 0.29) is 0 Å². The highest BCUT2D eigenvalue weighted by Gasteiger charge is 2.23. The molecule has 0 aromatic rings. The second kappa shape index (κ2) is 8.97. The molecule has 1 rings (SSSR count). The molecule has 0 saturated carbocycles. The minimum absolute atomic E-state index is 0.716. The lowest BCUT2D eigenvalue weighted by molar-refractivity contribution is 0.177. The number of rotatable bonds is 8. The Balaban J connectivity index is 2.41. The summed E-state index contributed by atoms with van der Waals surface area (Å²) in [4.78, 5) is 2.71. The molecular formula is C17H36N2. The summed E-state index contributed by atoms with van der Waals surface area (Å²) in [5.74, 6) is 2.48. The Morgan fingerprint density at radius 2 is 1.63 bits per heavy atom. The van der Waals surface area contributed by atoms with Gasteiger partial charge in [0.2, 0.25) is 0 Å². The Morgan fingerprint density at radius 3 is 2.11 bits per heavy atom. The van der Waals surface area contributed by atoms with Crippen LogP contribution in [0.2, 0.25) is 0 Å². The molecule has 2 atom stereocenters. The molecule has 0 amide bonds. The van der Waals surface area contributed by atoms with Crippen LogP contribution >= 0.6 is 0 Å². The van der Waals surface area contributed by atoms with Crippen LogP contribution in [0, 0.1) is 17.8 Å². The monoisotopic (exact) mass is 268 g/mol. The third-order valence-electron chi connectivity index (χ3n) is 4.43. The van der Waals surface area contributed by atoms with Crippen molar-refractivity contribution < 1.29 is 0 Å². The maximum atomic E-state index is 3.73. The van der Waals surface area contributed by atoms with E-state index < -0.39 is 0 Å². The summed E-state index contributed by atoms with van der Waals surface area (Å²) in [5.41, 5.74) is 0. The van der Waals surface area contributed by atoms with E-state index >= 15 is 0 Å². The predicted molar refractivity (Wildman–Crippen MR) is 85.5 cm³/mol. The first-order valence-electron chi connectivity index (χ1n) is 8.44. The molecular weight excluding hydrogens is 232 g/mol. The van der Waals surface area contributed by atoms with Gasteiger partial charge in [0.25, 0.3) is 0 Å². The maximum absolute atomic E-state index is 3.73. The highest BCUT2D eigenvalue weighted by atomic mass is 15.1. The third kappa shape index (κ3) is 7.31. The van der Waals surface area contributed by atoms with Gasteiger partial charge in [0.1, 0.15) is 0 Å². The molecule has 1 heterocycles. The average molecular weight is 268 g/mol. The van der Waals surface area contributed by atoms with E-state index in [9.17, 15) is 0 Å². The molecule has 2 nitrogen and oxygen atoms in total. The lowest BCUT2D eigenvalue weighted by Crippen LogP contribution is -2.48. The van der Waals surface area contributed by atoms with Gasteiger partial charge in [-0.15, -0.1) is 0 Å². The first-order chi connectivity index (χ1) is 8.99. The number of nitrogens with one attached hydrogen (secondary N) is 1. The third-order valence-corrected chi connectivity index (χ3v) is 4.43. The second-order valence-corrected chi connectivity index (χ2v) is 7.35. The topological polar surface area (TPSA) is 15.3 Å². The molecule has 0 radical (unpaired) electrons. The van der Waals surface area contributed by atoms with Crippen molar-refractivity contribution in [2.24, 2.45) is 17.8 Å². The number of piperidine rings is 1. The quantitative estimate of drug-likeness (QED) is 0.721. The molecule has 114 valence electrons. The van der Waals surface area contributed by atoms with E-state index in [0.717, 1.165) is 17.8 Å². The fourth-order valence-corrected chi connectivity index (χ4v) is 2.81. The minimum atomic E-state index is 0.716. The van der Waals surface area contributed by atoms with Gasteiger partial charge in [0.05, 0.1) is 0 Å². The van der Waals surface area contributed by atoms with Crippen LogP contribution in [0.5, 0.6) is 0 Å². The van der Waals surface area contributed by atoms with Gasteiger partial charge in [-0.05, 0) is 63.1 Å². The number of hydrogen-bond acceptors (Lipinski definition) is 2. The van der Waals surface area contributed by atoms with Crippen LogP contribution in [0.3, 0.4) is 0 Å². The second-order valence-electron chi connectivity index (χ2n) is 7.35. The van der Waals surface area contributed by atoms with E-state index in [0.29, 0.717) is 6.04 Å². The molecule has 0 aromatic heterocycles. The van der Waals surface area contributed by atoms with Gasteiger partial charge in [-0.3, -0.25) is 0 Å². The Labute approximate surface area is 121 Å². The Bertz CT molecular complexity index is 213. The van der Waals surface area contributed by atoms with Gasteiger partial charge in [0, 0.05) is 12.6 Å². The van der Waals surface area contributed by atoms with Gasteiger partial charge >= 0.3 is 0 Å². The number of nitrogens with zero attached hydrogens (tertiary/aromatic N) is 1. The van der Waals surface area contributed by atoms with Gasteiger partial charge in [-0.25, -0.2) is 0 Å². The SMILES string of the molecule is CC(C)CCN(CCC(C)C)CC1NCCCC1C. The maximum Gasteiger partial charge on any atom is 0.0220 e. The van der Waals surface area contributed by atoms with Crippen LogP contribution < -0.4 is 5.32 Å². The van der Waals surface area contributed by atoms with Crippen molar-refractivity contribution >= 4 is 0 Å². The van der Waals surface area contributed by atoms with Crippen LogP contribution in [0.15, 0.2) is 0 Å². The standard InChI is InChI=1S/C17H36N2/c1-14(2)8-11-19(12-9-15(3)4)13-17-16(5)7-6-10-18-17/h14-18H,6-13H2,1-5H3. The molecule has 2 unspecified atom stereocenters. The summed E-state index contributed by atoms with van der Waals surface area (Å²) >= 11 is 0. The van der Waals surface area contributed by atoms with Gasteiger partial charge in [-0.2, -0.15) is 0 Å². The fourth-order valence-electron chi connectivity index (χ4n) is 2.81. The Hall–Kier alpha value is -0.0800. The van der Waals surface area contributed by atoms with E-state index in [2.05, 4.69) is 44.8 Å². The van der Waals surface area contributed by atoms with Crippen LogP contribution in [0.4, 0.5) is 0 Å². The molecule has 1 aliphatic heterocycles. The zero-order chi connectivity index (χ0) is 14.3. The molecule has 1 fully saturated rings. The van der Waals surface area contributed by atoms with Crippen LogP contribution in [-0.2, 0) is 0 Å². The molecule has 0 aliphatic carbocycles. The van der Waals surface area contributed by atoms with Crippen LogP contribution in [-0.4, -0.2) is 37.1 Å². The van der Waals surface area contributed by atoms with E-state index in [4.69, 9.17) is 0 Å². The van der Waals surface area contributed by atoms with Crippen molar-refractivity contribution in [2.75, 3.05) is 26.2 Å². The lowest BCUT2D eigenvalue weighted by atomic mass is 9.92. The first-order valence-corrected chi connectivity index (χ1v) is 8.44. The molecule has 0 aromatic carbocycles. The van der Waals surface area contributed by atoms with E-state index in [1.165, 1.54) is 51.9 Å². The van der Waals surface area contributed by atoms with Crippen molar-refractivity contribution in [2.45, 2.75) is 66.3 Å². The van der Waals surface area contributed by atoms with Crippen molar-refractivity contribution in [3.8, 4) is 0 Å². The Morgan fingerprint density at radius 1 is 1.05 bits per heavy atom. The molecule has 2 heteroatoms. The summed E-state index contributed by atoms with van der Waals surface area (Å²) in [5, 5.41) is 3.73. The summed E-state index contributed by atoms with van der Waals surface area (Å²) < 4.78 is 0. The number of hydrogen-bond donors (Lipinski definition) is 1. The fraction of sp³-hybridized carbons (Fsp3) is 1.00. The molecule has 0 spiro atoms. The summed E-state index contributed by atoms with van der Waals surface area (Å²) in [6.07, 6.45) is 5.42. The minimum Gasteiger partial charge on any atom is -0.312 e. The first kappa shape index (κ1) is 17.0. The molecule has 1 aliphatic rings. The average Bonchev–Trinajstić information content (AvgIpc) is 2.34.